The van der Waals surface area contributed by atoms with Crippen LogP contribution < -0.4 is 10.9 Å². The molecule has 0 unspecified atom stereocenters. The number of hydrogen-bond donors (Lipinski definition) is 2. The van der Waals surface area contributed by atoms with Crippen molar-refractivity contribution >= 4 is 5.82 Å². The SMILES string of the molecule is CC#Cc1ccc(-c2nnc(N[C@@H]3CCCN(C)C3)c(=O)n2C)c(O)c1. The van der Waals surface area contributed by atoms with E-state index in [4.69, 9.17) is 0 Å². The maximum absolute atomic E-state index is 12.7. The molecule has 1 aliphatic rings. The third kappa shape index (κ3) is 3.70. The summed E-state index contributed by atoms with van der Waals surface area (Å²) in [5, 5.41) is 21.7. The molecule has 0 amide bonds. The van der Waals surface area contributed by atoms with Gasteiger partial charge in [0.15, 0.2) is 5.82 Å². The van der Waals surface area contributed by atoms with Crippen LogP contribution in [0.1, 0.15) is 25.3 Å². The first-order chi connectivity index (χ1) is 12.5. The number of likely N-dealkylation sites (N-methyl/N-ethyl adjacent to an activating group) is 1. The molecule has 1 aromatic heterocycles. The van der Waals surface area contributed by atoms with E-state index >= 15 is 0 Å². The van der Waals surface area contributed by atoms with E-state index in [2.05, 4.69) is 39.3 Å². The van der Waals surface area contributed by atoms with Crippen LogP contribution in [0.4, 0.5) is 5.82 Å². The molecule has 136 valence electrons. The molecule has 2 heterocycles. The predicted octanol–water partition coefficient (Wildman–Crippen LogP) is 1.43. The largest absolute Gasteiger partial charge is 0.507 e. The minimum absolute atomic E-state index is 0.0177. The van der Waals surface area contributed by atoms with E-state index in [0.717, 1.165) is 25.9 Å². The normalized spacial score (nSPS) is 17.4. The van der Waals surface area contributed by atoms with E-state index in [0.29, 0.717) is 17.0 Å². The van der Waals surface area contributed by atoms with Crippen LogP contribution in [0.3, 0.4) is 0 Å². The number of nitrogens with one attached hydrogen (secondary N) is 1. The highest BCUT2D eigenvalue weighted by molar-refractivity contribution is 5.66. The van der Waals surface area contributed by atoms with Gasteiger partial charge in [-0.15, -0.1) is 16.1 Å². The van der Waals surface area contributed by atoms with Crippen LogP contribution in [-0.2, 0) is 7.05 Å². The summed E-state index contributed by atoms with van der Waals surface area (Å²) < 4.78 is 1.40. The van der Waals surface area contributed by atoms with Crippen LogP contribution in [0.2, 0.25) is 0 Å². The molecule has 3 rings (SSSR count). The minimum Gasteiger partial charge on any atom is -0.507 e. The maximum Gasteiger partial charge on any atom is 0.296 e. The van der Waals surface area contributed by atoms with Crippen molar-refractivity contribution in [3.8, 4) is 29.0 Å². The van der Waals surface area contributed by atoms with Gasteiger partial charge in [-0.3, -0.25) is 9.36 Å². The van der Waals surface area contributed by atoms with Crippen molar-refractivity contribution in [3.63, 3.8) is 0 Å². The minimum atomic E-state index is -0.264. The molecular weight excluding hydrogens is 330 g/mol. The molecule has 1 atom stereocenters. The van der Waals surface area contributed by atoms with Gasteiger partial charge in [-0.25, -0.2) is 0 Å². The summed E-state index contributed by atoms with van der Waals surface area (Å²) >= 11 is 0. The van der Waals surface area contributed by atoms with Crippen molar-refractivity contribution in [3.05, 3.63) is 34.1 Å². The van der Waals surface area contributed by atoms with Gasteiger partial charge in [-0.05, 0) is 51.6 Å². The smallest absolute Gasteiger partial charge is 0.296 e. The molecule has 1 aliphatic heterocycles. The highest BCUT2D eigenvalue weighted by Gasteiger charge is 2.20. The van der Waals surface area contributed by atoms with Gasteiger partial charge in [0.1, 0.15) is 5.75 Å². The van der Waals surface area contributed by atoms with E-state index in [1.165, 1.54) is 4.57 Å². The molecule has 0 aliphatic carbocycles. The Morgan fingerprint density at radius 2 is 2.12 bits per heavy atom. The lowest BCUT2D eigenvalue weighted by Crippen LogP contribution is -2.41. The molecule has 0 radical (unpaired) electrons. The van der Waals surface area contributed by atoms with Crippen LogP contribution >= 0.6 is 0 Å². The van der Waals surface area contributed by atoms with Crippen LogP contribution in [0.5, 0.6) is 5.75 Å². The summed E-state index contributed by atoms with van der Waals surface area (Å²) in [7, 11) is 3.69. The number of likely N-dealkylation sites (tertiary alicyclic amines) is 1. The van der Waals surface area contributed by atoms with E-state index < -0.39 is 0 Å². The zero-order valence-corrected chi connectivity index (χ0v) is 15.3. The van der Waals surface area contributed by atoms with Gasteiger partial charge in [0.05, 0.1) is 5.56 Å². The molecule has 2 N–H and O–H groups in total. The van der Waals surface area contributed by atoms with Gasteiger partial charge in [0, 0.05) is 25.2 Å². The van der Waals surface area contributed by atoms with Gasteiger partial charge in [-0.1, -0.05) is 5.92 Å². The quantitative estimate of drug-likeness (QED) is 0.812. The van der Waals surface area contributed by atoms with Gasteiger partial charge in [-0.2, -0.15) is 0 Å². The van der Waals surface area contributed by atoms with Crippen LogP contribution in [-0.4, -0.2) is 50.9 Å². The average molecular weight is 353 g/mol. The Morgan fingerprint density at radius 3 is 2.81 bits per heavy atom. The number of phenolic OH excluding ortho intramolecular Hbond substituents is 1. The molecule has 2 aromatic rings. The zero-order valence-electron chi connectivity index (χ0n) is 15.3. The number of hydrogen-bond acceptors (Lipinski definition) is 6. The van der Waals surface area contributed by atoms with E-state index in [1.54, 1.807) is 32.2 Å². The fraction of sp³-hybridized carbons (Fsp3) is 0.421. The van der Waals surface area contributed by atoms with Crippen LogP contribution in [0.15, 0.2) is 23.0 Å². The van der Waals surface area contributed by atoms with E-state index in [9.17, 15) is 9.90 Å². The number of benzene rings is 1. The first-order valence-electron chi connectivity index (χ1n) is 8.64. The number of aromatic hydroxyl groups is 1. The van der Waals surface area contributed by atoms with Crippen molar-refractivity contribution in [2.24, 2.45) is 7.05 Å². The van der Waals surface area contributed by atoms with Gasteiger partial charge < -0.3 is 15.3 Å². The highest BCUT2D eigenvalue weighted by atomic mass is 16.3. The number of nitrogens with zero attached hydrogens (tertiary/aromatic N) is 4. The zero-order chi connectivity index (χ0) is 18.7. The Hall–Kier alpha value is -2.85. The second-order valence-electron chi connectivity index (χ2n) is 6.59. The summed E-state index contributed by atoms with van der Waals surface area (Å²) in [5.74, 6) is 6.24. The van der Waals surface area contributed by atoms with Crippen LogP contribution in [0, 0.1) is 11.8 Å². The van der Waals surface area contributed by atoms with E-state index in [-0.39, 0.29) is 23.2 Å². The van der Waals surface area contributed by atoms with Crippen molar-refractivity contribution < 1.29 is 5.11 Å². The summed E-state index contributed by atoms with van der Waals surface area (Å²) in [5.41, 5.74) is 0.883. The molecule has 0 bridgehead atoms. The first-order valence-corrected chi connectivity index (χ1v) is 8.64. The summed E-state index contributed by atoms with van der Waals surface area (Å²) in [6.07, 6.45) is 2.08. The number of piperidine rings is 1. The molecule has 0 spiro atoms. The third-order valence-electron chi connectivity index (χ3n) is 4.54. The Morgan fingerprint density at radius 1 is 1.31 bits per heavy atom. The lowest BCUT2D eigenvalue weighted by Gasteiger charge is -2.30. The fourth-order valence-corrected chi connectivity index (χ4v) is 3.21. The van der Waals surface area contributed by atoms with Crippen molar-refractivity contribution in [1.82, 2.24) is 19.7 Å². The maximum atomic E-state index is 12.7. The van der Waals surface area contributed by atoms with Crippen molar-refractivity contribution in [2.45, 2.75) is 25.8 Å². The van der Waals surface area contributed by atoms with Crippen molar-refractivity contribution in [1.29, 1.82) is 0 Å². The molecule has 7 heteroatoms. The molecule has 1 fully saturated rings. The second kappa shape index (κ2) is 7.58. The fourth-order valence-electron chi connectivity index (χ4n) is 3.21. The highest BCUT2D eigenvalue weighted by Crippen LogP contribution is 2.27. The molecule has 1 saturated heterocycles. The lowest BCUT2D eigenvalue weighted by atomic mass is 10.1. The summed E-state index contributed by atoms with van der Waals surface area (Å²) in [6, 6.07) is 5.22. The number of rotatable bonds is 3. The average Bonchev–Trinajstić information content (AvgIpc) is 2.60. The van der Waals surface area contributed by atoms with Gasteiger partial charge in [0.2, 0.25) is 5.82 Å². The summed E-state index contributed by atoms with van der Waals surface area (Å²) in [4.78, 5) is 14.9. The lowest BCUT2D eigenvalue weighted by molar-refractivity contribution is 0.260. The Bertz CT molecular complexity index is 926. The monoisotopic (exact) mass is 353 g/mol. The molecule has 7 nitrogen and oxygen atoms in total. The topological polar surface area (TPSA) is 83.3 Å². The third-order valence-corrected chi connectivity index (χ3v) is 4.54. The summed E-state index contributed by atoms with van der Waals surface area (Å²) in [6.45, 7) is 3.67. The predicted molar refractivity (Wildman–Crippen MR) is 101 cm³/mol. The number of phenols is 1. The number of anilines is 1. The Kier molecular flexibility index (Phi) is 5.24. The van der Waals surface area contributed by atoms with Gasteiger partial charge in [0.25, 0.3) is 5.56 Å². The first kappa shape index (κ1) is 18.0. The Balaban J connectivity index is 1.90. The van der Waals surface area contributed by atoms with E-state index in [1.807, 2.05) is 0 Å². The molecule has 1 aromatic carbocycles. The van der Waals surface area contributed by atoms with Gasteiger partial charge >= 0.3 is 0 Å². The van der Waals surface area contributed by atoms with Crippen molar-refractivity contribution in [2.75, 3.05) is 25.5 Å². The molecular formula is C19H23N5O2. The Labute approximate surface area is 152 Å². The molecule has 0 saturated carbocycles. The molecule has 26 heavy (non-hydrogen) atoms. The number of aromatic nitrogens is 3. The second-order valence-corrected chi connectivity index (χ2v) is 6.59. The standard InChI is InChI=1S/C19H23N5O2/c1-4-6-13-8-9-15(16(25)11-13)18-22-21-17(19(26)24(18)3)20-14-7-5-10-23(2)12-14/h8-9,11,14,25H,5,7,10,12H2,1-3H3,(H,20,21)/t14-/m1/s1. The van der Waals surface area contributed by atoms with Crippen LogP contribution in [0.25, 0.3) is 11.4 Å².